The highest BCUT2D eigenvalue weighted by Crippen LogP contribution is 2.42. The second-order valence-electron chi connectivity index (χ2n) is 7.33. The lowest BCUT2D eigenvalue weighted by Gasteiger charge is -2.29. The van der Waals surface area contributed by atoms with E-state index < -0.39 is 0 Å². The summed E-state index contributed by atoms with van der Waals surface area (Å²) < 4.78 is 0. The van der Waals surface area contributed by atoms with E-state index in [4.69, 9.17) is 4.99 Å². The average Bonchev–Trinajstić information content (AvgIpc) is 3.54. The first-order chi connectivity index (χ1) is 12.3. The maximum absolute atomic E-state index is 4.86. The quantitative estimate of drug-likeness (QED) is 0.869. The van der Waals surface area contributed by atoms with Crippen molar-refractivity contribution in [2.75, 3.05) is 11.6 Å². The van der Waals surface area contributed by atoms with Crippen LogP contribution in [-0.2, 0) is 0 Å². The Balaban J connectivity index is 1.50. The Kier molecular flexibility index (Phi) is 3.66. The molecule has 2 fully saturated rings. The number of anilines is 1. The zero-order valence-electron chi connectivity index (χ0n) is 14.5. The second kappa shape index (κ2) is 6.03. The average molecular weight is 350 g/mol. The van der Waals surface area contributed by atoms with Crippen molar-refractivity contribution in [1.29, 1.82) is 0 Å². The maximum Gasteiger partial charge on any atom is 0.142 e. The Morgan fingerprint density at radius 2 is 1.92 bits per heavy atom. The van der Waals surface area contributed by atoms with Gasteiger partial charge in [-0.2, -0.15) is 0 Å². The van der Waals surface area contributed by atoms with Gasteiger partial charge in [0.15, 0.2) is 0 Å². The number of benzene rings is 1. The summed E-state index contributed by atoms with van der Waals surface area (Å²) in [5.74, 6) is 1.12. The lowest BCUT2D eigenvalue weighted by atomic mass is 10.1. The minimum atomic E-state index is 0.645. The highest BCUT2D eigenvalue weighted by atomic mass is 32.1. The smallest absolute Gasteiger partial charge is 0.142 e. The van der Waals surface area contributed by atoms with Gasteiger partial charge in [0.1, 0.15) is 12.5 Å². The fraction of sp³-hybridized carbons (Fsp3) is 0.381. The van der Waals surface area contributed by atoms with E-state index in [1.165, 1.54) is 52.9 Å². The number of aryl methyl sites for hydroxylation is 1. The summed E-state index contributed by atoms with van der Waals surface area (Å²) >= 11 is 1.83. The molecule has 0 spiro atoms. The van der Waals surface area contributed by atoms with Gasteiger partial charge in [-0.25, -0.2) is 4.99 Å². The fourth-order valence-electron chi connectivity index (χ4n) is 3.41. The van der Waals surface area contributed by atoms with E-state index in [2.05, 4.69) is 58.9 Å². The van der Waals surface area contributed by atoms with Crippen LogP contribution in [-0.4, -0.2) is 24.6 Å². The zero-order valence-corrected chi connectivity index (χ0v) is 15.4. The lowest BCUT2D eigenvalue weighted by Crippen LogP contribution is -2.36. The van der Waals surface area contributed by atoms with Crippen LogP contribution in [0.1, 0.15) is 47.3 Å². The van der Waals surface area contributed by atoms with Crippen molar-refractivity contribution < 1.29 is 0 Å². The van der Waals surface area contributed by atoms with Crippen LogP contribution >= 0.6 is 11.3 Å². The van der Waals surface area contributed by atoms with Gasteiger partial charge < -0.3 is 10.2 Å². The molecule has 128 valence electrons. The van der Waals surface area contributed by atoms with Crippen LogP contribution in [0.5, 0.6) is 0 Å². The van der Waals surface area contributed by atoms with Crippen molar-refractivity contribution in [3.63, 3.8) is 0 Å². The Bertz CT molecular complexity index is 856. The minimum Gasteiger partial charge on any atom is -0.366 e. The molecule has 2 aliphatic carbocycles. The summed E-state index contributed by atoms with van der Waals surface area (Å²) in [5.41, 5.74) is 5.34. The molecule has 0 saturated heterocycles. The van der Waals surface area contributed by atoms with Gasteiger partial charge in [-0.1, -0.05) is 36.4 Å². The Morgan fingerprint density at radius 1 is 1.12 bits per heavy atom. The van der Waals surface area contributed by atoms with Crippen molar-refractivity contribution in [2.45, 2.75) is 44.7 Å². The third-order valence-corrected chi connectivity index (χ3v) is 6.21. The molecule has 0 bridgehead atoms. The number of hydrogen-bond donors (Lipinski definition) is 1. The van der Waals surface area contributed by atoms with Gasteiger partial charge in [-0.3, -0.25) is 0 Å². The van der Waals surface area contributed by atoms with Crippen LogP contribution in [0, 0.1) is 6.92 Å². The molecule has 3 aliphatic rings. The van der Waals surface area contributed by atoms with E-state index in [0.717, 1.165) is 12.5 Å². The first kappa shape index (κ1) is 15.2. The van der Waals surface area contributed by atoms with Crippen molar-refractivity contribution in [2.24, 2.45) is 4.99 Å². The predicted molar refractivity (Wildman–Crippen MR) is 107 cm³/mol. The molecule has 0 atom stereocenters. The highest BCUT2D eigenvalue weighted by Gasteiger charge is 2.36. The zero-order chi connectivity index (χ0) is 16.8. The Labute approximate surface area is 153 Å². The number of nitrogens with zero attached hydrogens (tertiary/aromatic N) is 2. The highest BCUT2D eigenvalue weighted by molar-refractivity contribution is 7.13. The number of nitrogens with one attached hydrogen (secondary N) is 1. The van der Waals surface area contributed by atoms with Gasteiger partial charge in [0.25, 0.3) is 0 Å². The molecule has 25 heavy (non-hydrogen) atoms. The first-order valence-corrected chi connectivity index (χ1v) is 10.1. The van der Waals surface area contributed by atoms with Crippen LogP contribution in [0.3, 0.4) is 0 Å². The van der Waals surface area contributed by atoms with Gasteiger partial charge in [-0.05, 0) is 43.7 Å². The molecule has 0 radical (unpaired) electrons. The summed E-state index contributed by atoms with van der Waals surface area (Å²) in [5, 5.41) is 5.93. The summed E-state index contributed by atoms with van der Waals surface area (Å²) in [6.45, 7) is 2.97. The lowest BCUT2D eigenvalue weighted by molar-refractivity contribution is 0.783. The summed E-state index contributed by atoms with van der Waals surface area (Å²) in [4.78, 5) is 8.70. The third-order valence-electron chi connectivity index (χ3n) is 5.21. The molecule has 1 aromatic heterocycles. The number of rotatable bonds is 4. The van der Waals surface area contributed by atoms with E-state index in [9.17, 15) is 0 Å². The number of amidine groups is 1. The number of thiophene rings is 1. The molecule has 2 aromatic rings. The second-order valence-corrected chi connectivity index (χ2v) is 8.21. The molecule has 0 amide bonds. The molecule has 2 heterocycles. The minimum absolute atomic E-state index is 0.645. The Hall–Kier alpha value is -2.07. The molecule has 1 N–H and O–H groups in total. The summed E-state index contributed by atoms with van der Waals surface area (Å²) in [6, 6.07) is 9.89. The third kappa shape index (κ3) is 2.99. The van der Waals surface area contributed by atoms with Crippen molar-refractivity contribution in [1.82, 2.24) is 5.32 Å². The number of fused-ring (bicyclic) bond motifs is 1. The molecular weight excluding hydrogens is 326 g/mol. The molecule has 1 aromatic carbocycles. The Morgan fingerprint density at radius 3 is 2.68 bits per heavy atom. The summed E-state index contributed by atoms with van der Waals surface area (Å²) in [6.07, 6.45) is 9.71. The van der Waals surface area contributed by atoms with Gasteiger partial charge in [-0.15, -0.1) is 11.3 Å². The molecular formula is C21H23N3S. The molecule has 3 nitrogen and oxygen atoms in total. The van der Waals surface area contributed by atoms with Gasteiger partial charge in [0.05, 0.1) is 10.6 Å². The van der Waals surface area contributed by atoms with Crippen molar-refractivity contribution in [3.05, 3.63) is 51.2 Å². The molecule has 2 saturated carbocycles. The van der Waals surface area contributed by atoms with Gasteiger partial charge >= 0.3 is 0 Å². The topological polar surface area (TPSA) is 27.6 Å². The first-order valence-electron chi connectivity index (χ1n) is 9.23. The molecule has 5 rings (SSSR count). The largest absolute Gasteiger partial charge is 0.366 e. The number of hydrogen-bond acceptors (Lipinski definition) is 4. The monoisotopic (exact) mass is 349 g/mol. The van der Waals surface area contributed by atoms with Crippen LogP contribution < -0.4 is 10.2 Å². The van der Waals surface area contributed by atoms with E-state index in [1.807, 2.05) is 11.3 Å². The summed E-state index contributed by atoms with van der Waals surface area (Å²) in [7, 11) is 0. The van der Waals surface area contributed by atoms with Crippen LogP contribution in [0.25, 0.3) is 12.2 Å². The van der Waals surface area contributed by atoms with E-state index in [-0.39, 0.29) is 0 Å². The van der Waals surface area contributed by atoms with E-state index in [0.29, 0.717) is 12.1 Å². The van der Waals surface area contributed by atoms with Crippen LogP contribution in [0.4, 0.5) is 5.69 Å². The normalized spacial score (nSPS) is 19.9. The van der Waals surface area contributed by atoms with E-state index >= 15 is 0 Å². The van der Waals surface area contributed by atoms with Crippen LogP contribution in [0.2, 0.25) is 0 Å². The fourth-order valence-corrected chi connectivity index (χ4v) is 4.42. The maximum atomic E-state index is 4.86. The SMILES string of the molecule is Cc1ccccc1/C=C/c1csc2c1N(C1CC1)CN=C2NC1CC1. The molecule has 1 aliphatic heterocycles. The molecule has 0 unspecified atom stereocenters. The van der Waals surface area contributed by atoms with E-state index in [1.54, 1.807) is 0 Å². The van der Waals surface area contributed by atoms with Crippen molar-refractivity contribution >= 4 is 35.0 Å². The van der Waals surface area contributed by atoms with Gasteiger partial charge in [0.2, 0.25) is 0 Å². The number of aliphatic imine (C=N–C) groups is 1. The standard InChI is InChI=1S/C21H23N3S/c1-14-4-2-3-5-15(14)6-7-16-12-25-20-19(16)24(18-10-11-18)13-22-21(20)23-17-8-9-17/h2-7,12,17-18H,8-11,13H2,1H3,(H,22,23)/b7-6+. The van der Waals surface area contributed by atoms with Crippen LogP contribution in [0.15, 0.2) is 34.6 Å². The predicted octanol–water partition coefficient (Wildman–Crippen LogP) is 4.67. The molecule has 4 heteroatoms. The van der Waals surface area contributed by atoms with Gasteiger partial charge in [0, 0.05) is 23.0 Å². The van der Waals surface area contributed by atoms with Crippen molar-refractivity contribution in [3.8, 4) is 0 Å².